The molecule has 5 nitrogen and oxygen atoms in total. The van der Waals surface area contributed by atoms with Crippen molar-refractivity contribution in [3.05, 3.63) is 81.1 Å². The van der Waals surface area contributed by atoms with Crippen LogP contribution in [0.2, 0.25) is 5.02 Å². The third-order valence-electron chi connectivity index (χ3n) is 4.53. The summed E-state index contributed by atoms with van der Waals surface area (Å²) in [7, 11) is 0. The molecule has 0 saturated heterocycles. The van der Waals surface area contributed by atoms with Crippen LogP contribution in [0.1, 0.15) is 29.3 Å². The zero-order chi connectivity index (χ0) is 20.3. The number of nitrogens with zero attached hydrogens (tertiary/aromatic N) is 1. The second-order valence-corrected chi connectivity index (χ2v) is 7.03. The van der Waals surface area contributed by atoms with Crippen LogP contribution < -0.4 is 16.6 Å². The van der Waals surface area contributed by atoms with Gasteiger partial charge in [-0.25, -0.2) is 0 Å². The first kappa shape index (κ1) is 19.7. The van der Waals surface area contributed by atoms with Crippen molar-refractivity contribution in [1.29, 1.82) is 0 Å². The molecule has 0 spiro atoms. The molecule has 1 heterocycles. The molecule has 1 aromatic heterocycles. The number of hydrogen-bond acceptors (Lipinski definition) is 3. The first-order valence-electron chi connectivity index (χ1n) is 9.08. The molecule has 1 amide bonds. The van der Waals surface area contributed by atoms with Crippen molar-refractivity contribution in [2.24, 2.45) is 0 Å². The number of nitrogens with two attached hydrogens (primary N) is 1. The molecule has 0 bridgehead atoms. The Morgan fingerprint density at radius 2 is 1.82 bits per heavy atom. The van der Waals surface area contributed by atoms with Crippen molar-refractivity contribution in [2.75, 3.05) is 11.1 Å². The van der Waals surface area contributed by atoms with E-state index >= 15 is 0 Å². The molecule has 0 aliphatic rings. The number of anilines is 2. The number of nitrogen functional groups attached to an aromatic ring is 1. The van der Waals surface area contributed by atoms with Gasteiger partial charge >= 0.3 is 0 Å². The minimum absolute atomic E-state index is 0.147. The number of rotatable bonds is 5. The van der Waals surface area contributed by atoms with E-state index in [0.717, 1.165) is 12.0 Å². The number of pyridine rings is 1. The normalized spacial score (nSPS) is 10.7. The van der Waals surface area contributed by atoms with E-state index in [2.05, 4.69) is 5.32 Å². The Balaban J connectivity index is 2.20. The van der Waals surface area contributed by atoms with Gasteiger partial charge in [0, 0.05) is 23.3 Å². The van der Waals surface area contributed by atoms with Gasteiger partial charge in [0.15, 0.2) is 0 Å². The Morgan fingerprint density at radius 3 is 2.46 bits per heavy atom. The van der Waals surface area contributed by atoms with Gasteiger partial charge in [0.25, 0.3) is 11.5 Å². The number of nitrogens with one attached hydrogen (secondary N) is 1. The van der Waals surface area contributed by atoms with Crippen LogP contribution in [0, 0.1) is 6.92 Å². The smallest absolute Gasteiger partial charge is 0.259 e. The van der Waals surface area contributed by atoms with Gasteiger partial charge in [-0.05, 0) is 42.7 Å². The van der Waals surface area contributed by atoms with Crippen molar-refractivity contribution >= 4 is 28.9 Å². The van der Waals surface area contributed by atoms with E-state index < -0.39 is 0 Å². The lowest BCUT2D eigenvalue weighted by Gasteiger charge is -2.19. The summed E-state index contributed by atoms with van der Waals surface area (Å²) >= 11 is 6.02. The number of benzene rings is 2. The van der Waals surface area contributed by atoms with Gasteiger partial charge < -0.3 is 15.6 Å². The van der Waals surface area contributed by atoms with E-state index in [9.17, 15) is 9.59 Å². The molecule has 6 heteroatoms. The molecular formula is C22H22ClN3O2. The van der Waals surface area contributed by atoms with Crippen LogP contribution in [0.5, 0.6) is 0 Å². The third kappa shape index (κ3) is 3.94. The second kappa shape index (κ2) is 8.31. The van der Waals surface area contributed by atoms with Gasteiger partial charge in [-0.15, -0.1) is 0 Å². The van der Waals surface area contributed by atoms with Gasteiger partial charge in [-0.3, -0.25) is 9.59 Å². The fourth-order valence-corrected chi connectivity index (χ4v) is 3.28. The van der Waals surface area contributed by atoms with Gasteiger partial charge in [-0.1, -0.05) is 48.9 Å². The lowest BCUT2D eigenvalue weighted by Crippen LogP contribution is -2.27. The van der Waals surface area contributed by atoms with Crippen LogP contribution in [-0.2, 0) is 6.54 Å². The fourth-order valence-electron chi connectivity index (χ4n) is 3.16. The number of para-hydroxylation sites is 1. The van der Waals surface area contributed by atoms with Crippen LogP contribution in [0.25, 0.3) is 11.3 Å². The highest BCUT2D eigenvalue weighted by molar-refractivity contribution is 6.30. The van der Waals surface area contributed by atoms with Crippen LogP contribution in [-0.4, -0.2) is 10.5 Å². The second-order valence-electron chi connectivity index (χ2n) is 6.59. The van der Waals surface area contributed by atoms with Gasteiger partial charge in [0.2, 0.25) is 0 Å². The predicted molar refractivity (Wildman–Crippen MR) is 115 cm³/mol. The maximum Gasteiger partial charge on any atom is 0.259 e. The molecule has 0 radical (unpaired) electrons. The maximum atomic E-state index is 13.2. The molecule has 0 saturated carbocycles. The maximum absolute atomic E-state index is 13.2. The SMILES string of the molecule is CCCn1c(-c2ccc(Cl)cc2)c(C(=O)Nc2ccccc2C)c(N)cc1=O. The van der Waals surface area contributed by atoms with Crippen LogP contribution in [0.3, 0.4) is 0 Å². The highest BCUT2D eigenvalue weighted by atomic mass is 35.5. The number of carbonyl (C=O) groups is 1. The standard InChI is InChI=1S/C22H22ClN3O2/c1-3-12-26-19(27)13-17(24)20(21(26)15-8-10-16(23)11-9-15)22(28)25-18-7-5-4-6-14(18)2/h4-11,13H,3,12,24H2,1-2H3,(H,25,28). The summed E-state index contributed by atoms with van der Waals surface area (Å²) in [5.74, 6) is -0.360. The summed E-state index contributed by atoms with van der Waals surface area (Å²) in [6.45, 7) is 4.36. The number of aryl methyl sites for hydroxylation is 1. The Hall–Kier alpha value is -3.05. The lowest BCUT2D eigenvalue weighted by atomic mass is 10.0. The summed E-state index contributed by atoms with van der Waals surface area (Å²) in [5.41, 5.74) is 9.16. The van der Waals surface area contributed by atoms with E-state index in [1.807, 2.05) is 38.1 Å². The topological polar surface area (TPSA) is 77.1 Å². The highest BCUT2D eigenvalue weighted by Crippen LogP contribution is 2.29. The van der Waals surface area contributed by atoms with E-state index in [0.29, 0.717) is 28.5 Å². The van der Waals surface area contributed by atoms with Gasteiger partial charge in [0.05, 0.1) is 16.9 Å². The molecule has 0 aliphatic heterocycles. The van der Waals surface area contributed by atoms with Crippen molar-refractivity contribution in [2.45, 2.75) is 26.8 Å². The number of carbonyl (C=O) groups excluding carboxylic acids is 1. The number of halogens is 1. The number of amides is 1. The molecule has 28 heavy (non-hydrogen) atoms. The monoisotopic (exact) mass is 395 g/mol. The van der Waals surface area contributed by atoms with Crippen molar-refractivity contribution in [3.8, 4) is 11.3 Å². The van der Waals surface area contributed by atoms with Crippen LogP contribution in [0.4, 0.5) is 11.4 Å². The summed E-state index contributed by atoms with van der Waals surface area (Å²) in [6, 6.07) is 15.8. The summed E-state index contributed by atoms with van der Waals surface area (Å²) in [6.07, 6.45) is 0.739. The van der Waals surface area contributed by atoms with Crippen molar-refractivity contribution in [1.82, 2.24) is 4.57 Å². The molecule has 0 unspecified atom stereocenters. The molecule has 3 N–H and O–H groups in total. The minimum atomic E-state index is -0.360. The predicted octanol–water partition coefficient (Wildman–Crippen LogP) is 4.72. The zero-order valence-corrected chi connectivity index (χ0v) is 16.6. The number of hydrogen-bond donors (Lipinski definition) is 2. The third-order valence-corrected chi connectivity index (χ3v) is 4.78. The quantitative estimate of drug-likeness (QED) is 0.656. The lowest BCUT2D eigenvalue weighted by molar-refractivity contribution is 0.102. The molecule has 0 aliphatic carbocycles. The highest BCUT2D eigenvalue weighted by Gasteiger charge is 2.22. The Bertz CT molecular complexity index is 1070. The summed E-state index contributed by atoms with van der Waals surface area (Å²) in [4.78, 5) is 25.8. The van der Waals surface area contributed by atoms with E-state index in [-0.39, 0.29) is 22.7 Å². The summed E-state index contributed by atoms with van der Waals surface area (Å²) in [5, 5.41) is 3.49. The molecular weight excluding hydrogens is 374 g/mol. The van der Waals surface area contributed by atoms with Gasteiger partial charge in [0.1, 0.15) is 0 Å². The molecule has 144 valence electrons. The number of aromatic nitrogens is 1. The Labute approximate surface area is 168 Å². The van der Waals surface area contributed by atoms with Crippen molar-refractivity contribution in [3.63, 3.8) is 0 Å². The Morgan fingerprint density at radius 1 is 1.14 bits per heavy atom. The first-order chi connectivity index (χ1) is 13.4. The molecule has 0 atom stereocenters. The summed E-state index contributed by atoms with van der Waals surface area (Å²) < 4.78 is 1.59. The van der Waals surface area contributed by atoms with E-state index in [1.165, 1.54) is 6.07 Å². The molecule has 0 fully saturated rings. The van der Waals surface area contributed by atoms with E-state index in [4.69, 9.17) is 17.3 Å². The average Bonchev–Trinajstić information content (AvgIpc) is 2.66. The first-order valence-corrected chi connectivity index (χ1v) is 9.46. The van der Waals surface area contributed by atoms with Crippen LogP contribution >= 0.6 is 11.6 Å². The van der Waals surface area contributed by atoms with Gasteiger partial charge in [-0.2, -0.15) is 0 Å². The largest absolute Gasteiger partial charge is 0.398 e. The van der Waals surface area contributed by atoms with E-state index in [1.54, 1.807) is 28.8 Å². The molecule has 3 aromatic rings. The van der Waals surface area contributed by atoms with Crippen LogP contribution in [0.15, 0.2) is 59.4 Å². The van der Waals surface area contributed by atoms with Crippen molar-refractivity contribution < 1.29 is 4.79 Å². The zero-order valence-electron chi connectivity index (χ0n) is 15.8. The minimum Gasteiger partial charge on any atom is -0.398 e. The Kier molecular flexibility index (Phi) is 5.85. The average molecular weight is 396 g/mol. The molecule has 3 rings (SSSR count). The fraction of sp³-hybridized carbons (Fsp3) is 0.182. The molecule has 2 aromatic carbocycles.